The SMILES string of the molecule is c1cc(CN2CC[C@H]3O[C@@H](COCC4CC4)CC[C@H]32)co1. The Hall–Kier alpha value is -0.840. The van der Waals surface area contributed by atoms with Crippen LogP contribution >= 0.6 is 0 Å². The van der Waals surface area contributed by atoms with E-state index in [-0.39, 0.29) is 0 Å². The summed E-state index contributed by atoms with van der Waals surface area (Å²) >= 11 is 0. The van der Waals surface area contributed by atoms with E-state index in [4.69, 9.17) is 13.9 Å². The van der Waals surface area contributed by atoms with E-state index < -0.39 is 0 Å². The summed E-state index contributed by atoms with van der Waals surface area (Å²) in [5.41, 5.74) is 1.27. The second-order valence-corrected chi connectivity index (χ2v) is 6.81. The molecule has 2 aliphatic heterocycles. The maximum atomic E-state index is 6.27. The van der Waals surface area contributed by atoms with Crippen LogP contribution in [0.1, 0.15) is 37.7 Å². The van der Waals surface area contributed by atoms with E-state index in [0.717, 1.165) is 45.1 Å². The molecule has 0 spiro atoms. The van der Waals surface area contributed by atoms with E-state index in [1.165, 1.54) is 24.8 Å². The lowest BCUT2D eigenvalue weighted by molar-refractivity contribution is -0.101. The van der Waals surface area contributed by atoms with Gasteiger partial charge in [0.15, 0.2) is 0 Å². The molecule has 3 heterocycles. The van der Waals surface area contributed by atoms with E-state index >= 15 is 0 Å². The summed E-state index contributed by atoms with van der Waals surface area (Å²) in [6.45, 7) is 3.86. The Morgan fingerprint density at radius 2 is 2.10 bits per heavy atom. The number of rotatable bonds is 6. The average Bonchev–Trinajstić information content (AvgIpc) is 3.03. The van der Waals surface area contributed by atoms with Crippen LogP contribution in [0.3, 0.4) is 0 Å². The molecule has 4 rings (SSSR count). The van der Waals surface area contributed by atoms with Gasteiger partial charge in [-0.05, 0) is 44.1 Å². The fraction of sp³-hybridized carbons (Fsp3) is 0.765. The number of furan rings is 1. The Balaban J connectivity index is 1.25. The number of hydrogen-bond donors (Lipinski definition) is 0. The normalized spacial score (nSPS) is 33.2. The van der Waals surface area contributed by atoms with Crippen molar-refractivity contribution >= 4 is 0 Å². The highest BCUT2D eigenvalue weighted by molar-refractivity contribution is 5.07. The standard InChI is InChI=1S/C17H25NO3/c1-2-13(1)10-20-12-15-3-4-16-17(21-15)5-7-18(16)9-14-6-8-19-11-14/h6,8,11,13,15-17H,1-5,7,9-10,12H2/t15-,16-,17-/m1/s1. The van der Waals surface area contributed by atoms with Gasteiger partial charge in [-0.25, -0.2) is 0 Å². The topological polar surface area (TPSA) is 34.8 Å². The molecule has 2 saturated heterocycles. The fourth-order valence-electron chi connectivity index (χ4n) is 3.67. The van der Waals surface area contributed by atoms with Crippen LogP contribution in [0.4, 0.5) is 0 Å². The lowest BCUT2D eigenvalue weighted by atomic mass is 9.99. The van der Waals surface area contributed by atoms with Gasteiger partial charge in [0.25, 0.3) is 0 Å². The van der Waals surface area contributed by atoms with Crippen molar-refractivity contribution in [2.75, 3.05) is 19.8 Å². The first-order chi connectivity index (χ1) is 10.4. The molecule has 1 aromatic heterocycles. The highest BCUT2D eigenvalue weighted by atomic mass is 16.5. The Labute approximate surface area is 126 Å². The van der Waals surface area contributed by atoms with Crippen molar-refractivity contribution < 1.29 is 13.9 Å². The van der Waals surface area contributed by atoms with Crippen molar-refractivity contribution in [3.05, 3.63) is 24.2 Å². The summed E-state index contributed by atoms with van der Waals surface area (Å²) in [6, 6.07) is 2.64. The largest absolute Gasteiger partial charge is 0.472 e. The van der Waals surface area contributed by atoms with Crippen molar-refractivity contribution in [3.8, 4) is 0 Å². The summed E-state index contributed by atoms with van der Waals surface area (Å²) in [7, 11) is 0. The highest BCUT2D eigenvalue weighted by Crippen LogP contribution is 2.33. The Bertz CT molecular complexity index is 443. The van der Waals surface area contributed by atoms with Gasteiger partial charge in [0.2, 0.25) is 0 Å². The molecule has 0 unspecified atom stereocenters. The number of nitrogens with zero attached hydrogens (tertiary/aromatic N) is 1. The van der Waals surface area contributed by atoms with Crippen LogP contribution in [0.5, 0.6) is 0 Å². The number of likely N-dealkylation sites (tertiary alicyclic amines) is 1. The van der Waals surface area contributed by atoms with E-state index in [2.05, 4.69) is 11.0 Å². The summed E-state index contributed by atoms with van der Waals surface area (Å²) in [5, 5.41) is 0. The van der Waals surface area contributed by atoms with Gasteiger partial charge in [-0.2, -0.15) is 0 Å². The van der Waals surface area contributed by atoms with Gasteiger partial charge in [-0.1, -0.05) is 0 Å². The molecule has 0 aromatic carbocycles. The third-order valence-corrected chi connectivity index (χ3v) is 5.07. The molecule has 1 saturated carbocycles. The molecule has 0 radical (unpaired) electrons. The quantitative estimate of drug-likeness (QED) is 0.807. The van der Waals surface area contributed by atoms with Gasteiger partial charge in [0.1, 0.15) is 0 Å². The van der Waals surface area contributed by atoms with Crippen LogP contribution in [-0.4, -0.2) is 42.9 Å². The van der Waals surface area contributed by atoms with Gasteiger partial charge in [-0.15, -0.1) is 0 Å². The molecule has 0 amide bonds. The van der Waals surface area contributed by atoms with Gasteiger partial charge in [0, 0.05) is 31.3 Å². The maximum Gasteiger partial charge on any atom is 0.0947 e. The Morgan fingerprint density at radius 1 is 1.14 bits per heavy atom. The molecule has 1 aliphatic carbocycles. The minimum Gasteiger partial charge on any atom is -0.472 e. The molecule has 3 aliphatic rings. The molecule has 4 nitrogen and oxygen atoms in total. The molecule has 4 heteroatoms. The minimum atomic E-state index is 0.318. The zero-order valence-electron chi connectivity index (χ0n) is 12.6. The van der Waals surface area contributed by atoms with Crippen molar-refractivity contribution in [2.45, 2.75) is 56.9 Å². The van der Waals surface area contributed by atoms with Crippen LogP contribution in [0.2, 0.25) is 0 Å². The van der Waals surface area contributed by atoms with E-state index in [1.807, 2.05) is 6.26 Å². The predicted molar refractivity (Wildman–Crippen MR) is 79.0 cm³/mol. The van der Waals surface area contributed by atoms with Gasteiger partial charge in [-0.3, -0.25) is 4.90 Å². The molecule has 3 fully saturated rings. The first kappa shape index (κ1) is 13.8. The third kappa shape index (κ3) is 3.33. The monoisotopic (exact) mass is 291 g/mol. The van der Waals surface area contributed by atoms with Crippen LogP contribution in [0.15, 0.2) is 23.0 Å². The smallest absolute Gasteiger partial charge is 0.0947 e. The minimum absolute atomic E-state index is 0.318. The lowest BCUT2D eigenvalue weighted by Crippen LogP contribution is -2.43. The zero-order chi connectivity index (χ0) is 14.1. The zero-order valence-corrected chi connectivity index (χ0v) is 12.6. The highest BCUT2D eigenvalue weighted by Gasteiger charge is 2.39. The molecule has 1 aromatic rings. The van der Waals surface area contributed by atoms with Gasteiger partial charge < -0.3 is 13.9 Å². The van der Waals surface area contributed by atoms with Crippen molar-refractivity contribution in [1.82, 2.24) is 4.90 Å². The van der Waals surface area contributed by atoms with Gasteiger partial charge in [0.05, 0.1) is 31.3 Å². The first-order valence-corrected chi connectivity index (χ1v) is 8.37. The summed E-state index contributed by atoms with van der Waals surface area (Å²) in [6.07, 6.45) is 10.6. The number of fused-ring (bicyclic) bond motifs is 1. The van der Waals surface area contributed by atoms with Crippen molar-refractivity contribution in [2.24, 2.45) is 5.92 Å². The van der Waals surface area contributed by atoms with Gasteiger partial charge >= 0.3 is 0 Å². The molecule has 116 valence electrons. The molecular weight excluding hydrogens is 266 g/mol. The van der Waals surface area contributed by atoms with Crippen LogP contribution in [0.25, 0.3) is 0 Å². The molecule has 3 atom stereocenters. The molecule has 0 N–H and O–H groups in total. The number of ether oxygens (including phenoxy) is 2. The molecule has 0 bridgehead atoms. The maximum absolute atomic E-state index is 6.27. The number of hydrogen-bond acceptors (Lipinski definition) is 4. The Morgan fingerprint density at radius 3 is 2.90 bits per heavy atom. The lowest BCUT2D eigenvalue weighted by Gasteiger charge is -2.35. The van der Waals surface area contributed by atoms with Crippen molar-refractivity contribution in [3.63, 3.8) is 0 Å². The predicted octanol–water partition coefficient (Wildman–Crippen LogP) is 2.83. The second kappa shape index (κ2) is 6.11. The molecule has 21 heavy (non-hydrogen) atoms. The van der Waals surface area contributed by atoms with Crippen molar-refractivity contribution in [1.29, 1.82) is 0 Å². The summed E-state index contributed by atoms with van der Waals surface area (Å²) in [4.78, 5) is 2.55. The summed E-state index contributed by atoms with van der Waals surface area (Å²) in [5.74, 6) is 0.846. The third-order valence-electron chi connectivity index (χ3n) is 5.07. The van der Waals surface area contributed by atoms with Crippen LogP contribution in [-0.2, 0) is 16.0 Å². The van der Waals surface area contributed by atoms with E-state index in [9.17, 15) is 0 Å². The average molecular weight is 291 g/mol. The van der Waals surface area contributed by atoms with Crippen LogP contribution < -0.4 is 0 Å². The molecular formula is C17H25NO3. The summed E-state index contributed by atoms with van der Waals surface area (Å²) < 4.78 is 17.3. The Kier molecular flexibility index (Phi) is 4.01. The van der Waals surface area contributed by atoms with E-state index in [1.54, 1.807) is 6.26 Å². The van der Waals surface area contributed by atoms with E-state index in [0.29, 0.717) is 18.2 Å². The first-order valence-electron chi connectivity index (χ1n) is 8.37. The van der Waals surface area contributed by atoms with Crippen LogP contribution in [0, 0.1) is 5.92 Å². The fourth-order valence-corrected chi connectivity index (χ4v) is 3.67. The second-order valence-electron chi connectivity index (χ2n) is 6.81.